The molecule has 0 amide bonds. The van der Waals surface area contributed by atoms with Gasteiger partial charge in [-0.25, -0.2) is 4.98 Å². The van der Waals surface area contributed by atoms with Gasteiger partial charge in [-0.2, -0.15) is 0 Å². The van der Waals surface area contributed by atoms with Crippen molar-refractivity contribution in [3.8, 4) is 0 Å². The highest BCUT2D eigenvalue weighted by atomic mass is 16.5. The normalized spacial score (nSPS) is 24.5. The van der Waals surface area contributed by atoms with Gasteiger partial charge in [0.05, 0.1) is 12.7 Å². The van der Waals surface area contributed by atoms with Crippen molar-refractivity contribution in [3.63, 3.8) is 0 Å². The number of pyridine rings is 1. The van der Waals surface area contributed by atoms with Crippen LogP contribution in [0, 0.1) is 0 Å². The van der Waals surface area contributed by atoms with Crippen molar-refractivity contribution in [1.82, 2.24) is 20.5 Å². The van der Waals surface area contributed by atoms with Gasteiger partial charge in [0.1, 0.15) is 5.82 Å². The number of hydrogen-bond acceptors (Lipinski definition) is 5. The number of likely N-dealkylation sites (tertiary alicyclic amines) is 1. The highest BCUT2D eigenvalue weighted by Crippen LogP contribution is 2.20. The highest BCUT2D eigenvalue weighted by Gasteiger charge is 2.29. The van der Waals surface area contributed by atoms with Crippen molar-refractivity contribution in [2.24, 2.45) is 4.99 Å². The molecule has 0 radical (unpaired) electrons. The van der Waals surface area contributed by atoms with E-state index in [0.29, 0.717) is 18.6 Å². The van der Waals surface area contributed by atoms with Gasteiger partial charge in [-0.3, -0.25) is 9.89 Å². The van der Waals surface area contributed by atoms with E-state index in [4.69, 9.17) is 4.74 Å². The number of guanidine groups is 1. The molecular formula is C25H36N6O. The molecule has 2 N–H and O–H groups in total. The summed E-state index contributed by atoms with van der Waals surface area (Å²) < 4.78 is 5.63. The molecule has 3 unspecified atom stereocenters. The van der Waals surface area contributed by atoms with Crippen molar-refractivity contribution in [2.75, 3.05) is 38.2 Å². The molecule has 0 bridgehead atoms. The fraction of sp³-hybridized carbons (Fsp3) is 0.520. The van der Waals surface area contributed by atoms with Gasteiger partial charge in [-0.15, -0.1) is 0 Å². The largest absolute Gasteiger partial charge is 0.375 e. The van der Waals surface area contributed by atoms with Crippen LogP contribution in [0.5, 0.6) is 0 Å². The van der Waals surface area contributed by atoms with Gasteiger partial charge < -0.3 is 20.3 Å². The molecule has 0 saturated carbocycles. The van der Waals surface area contributed by atoms with Crippen LogP contribution in [0.4, 0.5) is 5.82 Å². The Bertz CT molecular complexity index is 872. The fourth-order valence-corrected chi connectivity index (χ4v) is 4.55. The van der Waals surface area contributed by atoms with Crippen molar-refractivity contribution >= 4 is 11.8 Å². The van der Waals surface area contributed by atoms with Crippen molar-refractivity contribution in [2.45, 2.75) is 51.5 Å². The van der Waals surface area contributed by atoms with Crippen LogP contribution in [-0.2, 0) is 17.8 Å². The zero-order valence-corrected chi connectivity index (χ0v) is 19.5. The van der Waals surface area contributed by atoms with E-state index < -0.39 is 0 Å². The summed E-state index contributed by atoms with van der Waals surface area (Å²) in [5, 5.41) is 7.05. The highest BCUT2D eigenvalue weighted by molar-refractivity contribution is 5.80. The summed E-state index contributed by atoms with van der Waals surface area (Å²) in [7, 11) is 1.83. The molecule has 3 atom stereocenters. The SMILES string of the molecule is CN=C(NCc1ccc(N2CCOC(C)C2)nc1)NC1CC(C)N(Cc2ccccc2)C1. The van der Waals surface area contributed by atoms with E-state index in [1.54, 1.807) is 0 Å². The molecule has 0 spiro atoms. The standard InChI is InChI=1S/C25H36N6O/c1-19-13-23(18-31(19)17-21-7-5-4-6-8-21)29-25(26-3)28-15-22-9-10-24(27-14-22)30-11-12-32-20(2)16-30/h4-10,14,19-20,23H,11-13,15-18H2,1-3H3,(H2,26,28,29). The Balaban J connectivity index is 1.25. The van der Waals surface area contributed by atoms with Gasteiger partial charge in [0, 0.05) is 58.1 Å². The molecule has 2 saturated heterocycles. The second kappa shape index (κ2) is 10.8. The first-order valence-corrected chi connectivity index (χ1v) is 11.7. The minimum absolute atomic E-state index is 0.253. The smallest absolute Gasteiger partial charge is 0.191 e. The van der Waals surface area contributed by atoms with Crippen LogP contribution in [0.15, 0.2) is 53.7 Å². The van der Waals surface area contributed by atoms with E-state index in [1.807, 2.05) is 13.2 Å². The summed E-state index contributed by atoms with van der Waals surface area (Å²) >= 11 is 0. The maximum absolute atomic E-state index is 5.63. The Labute approximate surface area is 191 Å². The quantitative estimate of drug-likeness (QED) is 0.536. The summed E-state index contributed by atoms with van der Waals surface area (Å²) in [5.74, 6) is 1.86. The molecular weight excluding hydrogens is 400 g/mol. The number of ether oxygens (including phenoxy) is 1. The number of rotatable bonds is 6. The molecule has 1 aromatic heterocycles. The van der Waals surface area contributed by atoms with Crippen molar-refractivity contribution in [3.05, 3.63) is 59.8 Å². The number of anilines is 1. The Morgan fingerprint density at radius 2 is 1.97 bits per heavy atom. The molecule has 7 nitrogen and oxygen atoms in total. The van der Waals surface area contributed by atoms with Gasteiger partial charge >= 0.3 is 0 Å². The van der Waals surface area contributed by atoms with Gasteiger partial charge in [0.25, 0.3) is 0 Å². The molecule has 4 rings (SSSR count). The van der Waals surface area contributed by atoms with Gasteiger partial charge in [0.15, 0.2) is 5.96 Å². The second-order valence-electron chi connectivity index (χ2n) is 8.92. The zero-order valence-electron chi connectivity index (χ0n) is 19.5. The number of morpholine rings is 1. The summed E-state index contributed by atoms with van der Waals surface area (Å²) in [4.78, 5) is 13.9. The van der Waals surface area contributed by atoms with E-state index in [0.717, 1.165) is 56.5 Å². The number of aliphatic imine (C=N–C) groups is 1. The lowest BCUT2D eigenvalue weighted by Gasteiger charge is -2.32. The Morgan fingerprint density at radius 3 is 2.69 bits per heavy atom. The zero-order chi connectivity index (χ0) is 22.3. The summed E-state index contributed by atoms with van der Waals surface area (Å²) in [6, 6.07) is 15.9. The van der Waals surface area contributed by atoms with Crippen LogP contribution in [0.1, 0.15) is 31.4 Å². The molecule has 3 heterocycles. The van der Waals surface area contributed by atoms with Crippen molar-refractivity contribution < 1.29 is 4.74 Å². The minimum atomic E-state index is 0.253. The predicted molar refractivity (Wildman–Crippen MR) is 130 cm³/mol. The van der Waals surface area contributed by atoms with E-state index in [1.165, 1.54) is 5.56 Å². The molecule has 7 heteroatoms. The second-order valence-corrected chi connectivity index (χ2v) is 8.92. The van der Waals surface area contributed by atoms with E-state index >= 15 is 0 Å². The molecule has 2 aromatic rings. The monoisotopic (exact) mass is 436 g/mol. The molecule has 0 aliphatic carbocycles. The average Bonchev–Trinajstić information content (AvgIpc) is 3.16. The first-order chi connectivity index (χ1) is 15.6. The van der Waals surface area contributed by atoms with E-state index in [9.17, 15) is 0 Å². The third kappa shape index (κ3) is 5.99. The van der Waals surface area contributed by atoms with Crippen LogP contribution in [0.2, 0.25) is 0 Å². The first kappa shape index (κ1) is 22.6. The van der Waals surface area contributed by atoms with Crippen molar-refractivity contribution in [1.29, 1.82) is 0 Å². The molecule has 2 aliphatic rings. The Kier molecular flexibility index (Phi) is 7.60. The predicted octanol–water partition coefficient (Wildman–Crippen LogP) is 2.63. The minimum Gasteiger partial charge on any atom is -0.375 e. The number of nitrogens with one attached hydrogen (secondary N) is 2. The number of benzene rings is 1. The molecule has 2 aliphatic heterocycles. The van der Waals surface area contributed by atoms with Gasteiger partial charge in [-0.1, -0.05) is 36.4 Å². The maximum atomic E-state index is 5.63. The number of hydrogen-bond donors (Lipinski definition) is 2. The van der Waals surface area contributed by atoms with Crippen LogP contribution in [0.25, 0.3) is 0 Å². The fourth-order valence-electron chi connectivity index (χ4n) is 4.55. The number of aromatic nitrogens is 1. The topological polar surface area (TPSA) is 65.0 Å². The Morgan fingerprint density at radius 1 is 1.12 bits per heavy atom. The summed E-state index contributed by atoms with van der Waals surface area (Å²) in [6.07, 6.45) is 3.32. The van der Waals surface area contributed by atoms with E-state index in [-0.39, 0.29) is 6.10 Å². The van der Waals surface area contributed by atoms with Gasteiger partial charge in [-0.05, 0) is 37.5 Å². The Hall–Kier alpha value is -2.64. The third-order valence-electron chi connectivity index (χ3n) is 6.33. The summed E-state index contributed by atoms with van der Waals surface area (Å²) in [5.41, 5.74) is 2.51. The summed E-state index contributed by atoms with van der Waals surface area (Å²) in [6.45, 7) is 9.67. The average molecular weight is 437 g/mol. The van der Waals surface area contributed by atoms with Crippen LogP contribution < -0.4 is 15.5 Å². The first-order valence-electron chi connectivity index (χ1n) is 11.7. The number of nitrogens with zero attached hydrogens (tertiary/aromatic N) is 4. The lowest BCUT2D eigenvalue weighted by Crippen LogP contribution is -2.44. The maximum Gasteiger partial charge on any atom is 0.191 e. The molecule has 1 aromatic carbocycles. The van der Waals surface area contributed by atoms with Crippen LogP contribution in [-0.4, -0.2) is 67.3 Å². The third-order valence-corrected chi connectivity index (χ3v) is 6.33. The van der Waals surface area contributed by atoms with Crippen LogP contribution in [0.3, 0.4) is 0 Å². The van der Waals surface area contributed by atoms with Crippen LogP contribution >= 0.6 is 0 Å². The van der Waals surface area contributed by atoms with E-state index in [2.05, 4.69) is 86.7 Å². The lowest BCUT2D eigenvalue weighted by atomic mass is 10.2. The van der Waals surface area contributed by atoms with Gasteiger partial charge in [0.2, 0.25) is 0 Å². The molecule has 172 valence electrons. The lowest BCUT2D eigenvalue weighted by molar-refractivity contribution is 0.0529. The molecule has 2 fully saturated rings. The molecule has 32 heavy (non-hydrogen) atoms.